The van der Waals surface area contributed by atoms with Crippen molar-refractivity contribution in [3.8, 4) is 0 Å². The summed E-state index contributed by atoms with van der Waals surface area (Å²) in [6, 6.07) is 4.74. The Labute approximate surface area is 125 Å². The third-order valence-corrected chi connectivity index (χ3v) is 5.16. The highest BCUT2D eigenvalue weighted by molar-refractivity contribution is 7.89. The zero-order valence-electron chi connectivity index (χ0n) is 11.8. The maximum Gasteiger partial charge on any atom is 0.245 e. The number of carbonyl (C=O) groups excluding carboxylic acids is 1. The lowest BCUT2D eigenvalue weighted by atomic mass is 10.2. The summed E-state index contributed by atoms with van der Waals surface area (Å²) in [7, 11) is -3.77. The van der Waals surface area contributed by atoms with Crippen molar-refractivity contribution in [2.75, 3.05) is 19.6 Å². The van der Waals surface area contributed by atoms with Crippen LogP contribution < -0.4 is 5.32 Å². The standard InChI is InChI=1S/C13H19ClN2O3S/c1-4-15-13(17)9-16(5-2)20(18,19)12-7-6-10(3)8-11(12)14/h6-8H,4-5,9H2,1-3H3,(H,15,17). The van der Waals surface area contributed by atoms with E-state index in [-0.39, 0.29) is 28.9 Å². The Morgan fingerprint density at radius 1 is 1.35 bits per heavy atom. The molecule has 0 radical (unpaired) electrons. The monoisotopic (exact) mass is 318 g/mol. The second kappa shape index (κ2) is 7.06. The molecule has 0 aliphatic heterocycles. The molecule has 20 heavy (non-hydrogen) atoms. The lowest BCUT2D eigenvalue weighted by Gasteiger charge is -2.20. The number of benzene rings is 1. The van der Waals surface area contributed by atoms with E-state index in [1.54, 1.807) is 26.0 Å². The molecule has 0 heterocycles. The Balaban J connectivity index is 3.09. The van der Waals surface area contributed by atoms with Crippen LogP contribution in [0.25, 0.3) is 0 Å². The zero-order chi connectivity index (χ0) is 15.3. The van der Waals surface area contributed by atoms with Gasteiger partial charge in [-0.3, -0.25) is 4.79 Å². The Morgan fingerprint density at radius 3 is 2.50 bits per heavy atom. The summed E-state index contributed by atoms with van der Waals surface area (Å²) in [5.74, 6) is -0.332. The van der Waals surface area contributed by atoms with Gasteiger partial charge in [-0.1, -0.05) is 24.6 Å². The van der Waals surface area contributed by atoms with Crippen molar-refractivity contribution in [2.45, 2.75) is 25.7 Å². The van der Waals surface area contributed by atoms with Gasteiger partial charge in [-0.05, 0) is 31.5 Å². The minimum absolute atomic E-state index is 0.0240. The van der Waals surface area contributed by atoms with E-state index in [9.17, 15) is 13.2 Å². The van der Waals surface area contributed by atoms with Crippen LogP contribution in [0.3, 0.4) is 0 Å². The van der Waals surface area contributed by atoms with Gasteiger partial charge in [0.1, 0.15) is 4.90 Å². The molecule has 0 unspecified atom stereocenters. The van der Waals surface area contributed by atoms with Crippen LogP contribution >= 0.6 is 11.6 Å². The number of halogens is 1. The Bertz CT molecular complexity index is 587. The van der Waals surface area contributed by atoms with Crippen LogP contribution in [0.15, 0.2) is 23.1 Å². The van der Waals surface area contributed by atoms with Gasteiger partial charge in [-0.25, -0.2) is 8.42 Å². The maximum atomic E-state index is 12.5. The van der Waals surface area contributed by atoms with Crippen molar-refractivity contribution in [3.63, 3.8) is 0 Å². The number of nitrogens with zero attached hydrogens (tertiary/aromatic N) is 1. The smallest absolute Gasteiger partial charge is 0.245 e. The molecular weight excluding hydrogens is 300 g/mol. The molecule has 7 heteroatoms. The molecule has 1 aromatic carbocycles. The molecule has 0 atom stereocenters. The lowest BCUT2D eigenvalue weighted by Crippen LogP contribution is -2.40. The van der Waals surface area contributed by atoms with E-state index in [1.807, 2.05) is 6.92 Å². The van der Waals surface area contributed by atoms with E-state index in [0.29, 0.717) is 6.54 Å². The average molecular weight is 319 g/mol. The number of hydrogen-bond acceptors (Lipinski definition) is 3. The predicted octanol–water partition coefficient (Wildman–Crippen LogP) is 1.80. The van der Waals surface area contributed by atoms with Gasteiger partial charge in [0.2, 0.25) is 15.9 Å². The summed E-state index contributed by atoms with van der Waals surface area (Å²) in [5.41, 5.74) is 0.876. The topological polar surface area (TPSA) is 66.5 Å². The predicted molar refractivity (Wildman–Crippen MR) is 79.3 cm³/mol. The van der Waals surface area contributed by atoms with Crippen LogP contribution in [-0.2, 0) is 14.8 Å². The Kier molecular flexibility index (Phi) is 5.98. The molecule has 0 aliphatic carbocycles. The second-order valence-electron chi connectivity index (χ2n) is 4.32. The minimum atomic E-state index is -3.77. The van der Waals surface area contributed by atoms with Gasteiger partial charge in [0.15, 0.2) is 0 Å². The Hall–Kier alpha value is -1.11. The van der Waals surface area contributed by atoms with Gasteiger partial charge in [-0.15, -0.1) is 0 Å². The highest BCUT2D eigenvalue weighted by Crippen LogP contribution is 2.25. The van der Waals surface area contributed by atoms with E-state index in [1.165, 1.54) is 6.07 Å². The second-order valence-corrected chi connectivity index (χ2v) is 6.63. The molecule has 1 aromatic rings. The van der Waals surface area contributed by atoms with E-state index in [2.05, 4.69) is 5.32 Å². The van der Waals surface area contributed by atoms with Crippen molar-refractivity contribution >= 4 is 27.5 Å². The highest BCUT2D eigenvalue weighted by Gasteiger charge is 2.27. The molecule has 0 bridgehead atoms. The zero-order valence-corrected chi connectivity index (χ0v) is 13.4. The van der Waals surface area contributed by atoms with E-state index in [4.69, 9.17) is 11.6 Å². The van der Waals surface area contributed by atoms with Crippen LogP contribution in [0.2, 0.25) is 5.02 Å². The number of rotatable bonds is 6. The average Bonchev–Trinajstić information content (AvgIpc) is 2.35. The van der Waals surface area contributed by atoms with Crippen LogP contribution in [-0.4, -0.2) is 38.3 Å². The first-order valence-corrected chi connectivity index (χ1v) is 8.17. The van der Waals surface area contributed by atoms with Crippen LogP contribution in [0, 0.1) is 6.92 Å². The summed E-state index contributed by atoms with van der Waals surface area (Å²) in [4.78, 5) is 11.6. The normalized spacial score (nSPS) is 11.7. The van der Waals surface area contributed by atoms with Crippen LogP contribution in [0.4, 0.5) is 0 Å². The van der Waals surface area contributed by atoms with Crippen molar-refractivity contribution in [2.24, 2.45) is 0 Å². The third-order valence-electron chi connectivity index (χ3n) is 2.75. The number of carbonyl (C=O) groups is 1. The quantitative estimate of drug-likeness (QED) is 0.869. The molecular formula is C13H19ClN2O3S. The first kappa shape index (κ1) is 16.9. The van der Waals surface area contributed by atoms with Crippen molar-refractivity contribution in [1.29, 1.82) is 0 Å². The Morgan fingerprint density at radius 2 is 2.00 bits per heavy atom. The van der Waals surface area contributed by atoms with E-state index < -0.39 is 10.0 Å². The van der Waals surface area contributed by atoms with Gasteiger partial charge in [0.05, 0.1) is 11.6 Å². The molecule has 1 rings (SSSR count). The molecule has 0 aliphatic rings. The molecule has 112 valence electrons. The van der Waals surface area contributed by atoms with Gasteiger partial charge in [0.25, 0.3) is 0 Å². The maximum absolute atomic E-state index is 12.5. The van der Waals surface area contributed by atoms with Gasteiger partial charge in [-0.2, -0.15) is 4.31 Å². The molecule has 0 saturated heterocycles. The highest BCUT2D eigenvalue weighted by atomic mass is 35.5. The fourth-order valence-corrected chi connectivity index (χ4v) is 3.71. The summed E-state index contributed by atoms with van der Waals surface area (Å²) in [6.45, 7) is 5.73. The fraction of sp³-hybridized carbons (Fsp3) is 0.462. The number of aryl methyl sites for hydroxylation is 1. The van der Waals surface area contributed by atoms with Crippen molar-refractivity contribution in [1.82, 2.24) is 9.62 Å². The molecule has 0 fully saturated rings. The van der Waals surface area contributed by atoms with E-state index >= 15 is 0 Å². The van der Waals surface area contributed by atoms with Crippen molar-refractivity contribution < 1.29 is 13.2 Å². The molecule has 1 N–H and O–H groups in total. The van der Waals surface area contributed by atoms with Gasteiger partial charge in [0, 0.05) is 13.1 Å². The fourth-order valence-electron chi connectivity index (χ4n) is 1.73. The first-order chi connectivity index (χ1) is 9.32. The number of sulfonamides is 1. The number of likely N-dealkylation sites (N-methyl/N-ethyl adjacent to an activating group) is 2. The van der Waals surface area contributed by atoms with Crippen LogP contribution in [0.5, 0.6) is 0 Å². The summed E-state index contributed by atoms with van der Waals surface area (Å²) in [6.07, 6.45) is 0. The van der Waals surface area contributed by atoms with E-state index in [0.717, 1.165) is 9.87 Å². The largest absolute Gasteiger partial charge is 0.355 e. The molecule has 1 amide bonds. The SMILES string of the molecule is CCNC(=O)CN(CC)S(=O)(=O)c1ccc(C)cc1Cl. The third kappa shape index (κ3) is 3.94. The number of amides is 1. The number of nitrogens with one attached hydrogen (secondary N) is 1. The molecule has 5 nitrogen and oxygen atoms in total. The summed E-state index contributed by atoms with van der Waals surface area (Å²) in [5, 5.41) is 2.75. The first-order valence-electron chi connectivity index (χ1n) is 6.35. The van der Waals surface area contributed by atoms with Gasteiger partial charge < -0.3 is 5.32 Å². The molecule has 0 saturated carbocycles. The lowest BCUT2D eigenvalue weighted by molar-refractivity contribution is -0.121. The molecule has 0 spiro atoms. The minimum Gasteiger partial charge on any atom is -0.355 e. The van der Waals surface area contributed by atoms with Crippen LogP contribution in [0.1, 0.15) is 19.4 Å². The molecule has 0 aromatic heterocycles. The van der Waals surface area contributed by atoms with Crippen molar-refractivity contribution in [3.05, 3.63) is 28.8 Å². The summed E-state index contributed by atoms with van der Waals surface area (Å²) < 4.78 is 26.1. The van der Waals surface area contributed by atoms with Gasteiger partial charge >= 0.3 is 0 Å². The summed E-state index contributed by atoms with van der Waals surface area (Å²) >= 11 is 6.01. The number of hydrogen-bond donors (Lipinski definition) is 1.